The molecule has 1 aliphatic rings. The quantitative estimate of drug-likeness (QED) is 0.221. The topological polar surface area (TPSA) is 108 Å². The lowest BCUT2D eigenvalue weighted by molar-refractivity contribution is 0.0635. The van der Waals surface area contributed by atoms with Gasteiger partial charge in [0.2, 0.25) is 0 Å². The number of hydrogen-bond acceptors (Lipinski definition) is 6. The molecule has 202 valence electrons. The molecule has 1 aromatic heterocycles. The molecule has 0 bridgehead atoms. The van der Waals surface area contributed by atoms with Crippen LogP contribution in [0.1, 0.15) is 43.3 Å². The average molecular weight is 566 g/mol. The fourth-order valence-electron chi connectivity index (χ4n) is 4.09. The highest BCUT2D eigenvalue weighted by Crippen LogP contribution is 2.37. The summed E-state index contributed by atoms with van der Waals surface area (Å²) in [6.07, 6.45) is 0.930. The van der Waals surface area contributed by atoms with Gasteiger partial charge in [0.05, 0.1) is 26.0 Å². The van der Waals surface area contributed by atoms with Crippen molar-refractivity contribution < 1.29 is 22.9 Å². The third-order valence-corrected chi connectivity index (χ3v) is 9.62. The zero-order chi connectivity index (χ0) is 27.9. The summed E-state index contributed by atoms with van der Waals surface area (Å²) < 4.78 is 40.9. The largest absolute Gasteiger partial charge is 0.444 e. The number of benzene rings is 3. The lowest BCUT2D eigenvalue weighted by Crippen LogP contribution is -2.27. The van der Waals surface area contributed by atoms with E-state index in [2.05, 4.69) is 10.6 Å². The summed E-state index contributed by atoms with van der Waals surface area (Å²) in [7, 11) is -2.85. The van der Waals surface area contributed by atoms with Crippen molar-refractivity contribution in [1.82, 2.24) is 0 Å². The molecule has 7 nitrogen and oxygen atoms in total. The van der Waals surface area contributed by atoms with Gasteiger partial charge in [-0.15, -0.1) is 11.3 Å². The highest BCUT2D eigenvalue weighted by Gasteiger charge is 2.34. The number of carbonyl (C=O) groups excluding carboxylic acids is 2. The van der Waals surface area contributed by atoms with E-state index in [0.717, 1.165) is 28.5 Å². The Morgan fingerprint density at radius 2 is 1.64 bits per heavy atom. The van der Waals surface area contributed by atoms with Gasteiger partial charge in [-0.05, 0) is 98.7 Å². The Bertz CT molecular complexity index is 1690. The molecule has 5 rings (SSSR count). The smallest absolute Gasteiger partial charge is 0.412 e. The maximum Gasteiger partial charge on any atom is 0.412 e. The molecule has 1 unspecified atom stereocenters. The molecule has 1 heterocycles. The van der Waals surface area contributed by atoms with Gasteiger partial charge in [-0.3, -0.25) is 10.1 Å². The molecule has 3 aromatic carbocycles. The average Bonchev–Trinajstić information content (AvgIpc) is 3.64. The normalized spacial score (nSPS) is 15.0. The monoisotopic (exact) mass is 565 g/mol. The number of carbonyl (C=O) groups is 2. The zero-order valence-corrected chi connectivity index (χ0v) is 23.3. The molecule has 0 radical (unpaired) electrons. The minimum absolute atomic E-state index is 0.0966. The Kier molecular flexibility index (Phi) is 6.94. The van der Waals surface area contributed by atoms with Crippen molar-refractivity contribution in [2.45, 2.75) is 49.4 Å². The number of hydrogen-bond donors (Lipinski definition) is 3. The number of halogens is 1. The van der Waals surface area contributed by atoms with Crippen LogP contribution in [0.2, 0.25) is 0 Å². The van der Waals surface area contributed by atoms with Gasteiger partial charge in [-0.25, -0.2) is 18.2 Å². The van der Waals surface area contributed by atoms with E-state index in [4.69, 9.17) is 9.52 Å². The van der Waals surface area contributed by atoms with Crippen LogP contribution in [0.15, 0.2) is 71.6 Å². The van der Waals surface area contributed by atoms with Gasteiger partial charge in [0, 0.05) is 14.8 Å². The Balaban J connectivity index is 1.45. The van der Waals surface area contributed by atoms with Gasteiger partial charge in [-0.2, -0.15) is 0 Å². The Morgan fingerprint density at radius 1 is 0.949 bits per heavy atom. The second-order valence-electron chi connectivity index (χ2n) is 10.5. The number of amides is 2. The SMILES string of the molecule is CC(C)(C)OC(=O)Nc1ccc(-c2ccc(F)cc2)cc1NC(=O)c1cc2cc(S(=N)(=O)C3CC3)ccc2s1. The summed E-state index contributed by atoms with van der Waals surface area (Å²) in [5.74, 6) is -0.753. The van der Waals surface area contributed by atoms with Crippen LogP contribution in [0.25, 0.3) is 21.2 Å². The van der Waals surface area contributed by atoms with Gasteiger partial charge in [-0.1, -0.05) is 18.2 Å². The van der Waals surface area contributed by atoms with E-state index >= 15 is 0 Å². The van der Waals surface area contributed by atoms with Crippen molar-refractivity contribution >= 4 is 54.5 Å². The maximum absolute atomic E-state index is 13.5. The summed E-state index contributed by atoms with van der Waals surface area (Å²) >= 11 is 1.28. The standard InChI is InChI=1S/C29H28FN3O4S2/c1-29(2,3)37-28(35)33-23-12-6-18(17-4-7-20(30)8-5-17)15-24(23)32-27(34)26-16-19-14-22(11-13-25(19)38-26)39(31,36)21-9-10-21/h4-8,11-16,21,31H,9-10H2,1-3H3,(H,32,34)(H,33,35). The van der Waals surface area contributed by atoms with Crippen LogP contribution in [0, 0.1) is 10.6 Å². The molecule has 0 saturated heterocycles. The summed E-state index contributed by atoms with van der Waals surface area (Å²) in [5, 5.41) is 6.23. The van der Waals surface area contributed by atoms with E-state index in [1.807, 2.05) is 0 Å². The third kappa shape index (κ3) is 6.12. The molecule has 3 N–H and O–H groups in total. The van der Waals surface area contributed by atoms with E-state index in [1.165, 1.54) is 23.5 Å². The van der Waals surface area contributed by atoms with Crippen LogP contribution < -0.4 is 10.6 Å². The number of nitrogens with one attached hydrogen (secondary N) is 3. The first kappa shape index (κ1) is 26.8. The van der Waals surface area contributed by atoms with Gasteiger partial charge in [0.25, 0.3) is 5.91 Å². The molecule has 1 saturated carbocycles. The Hall–Kier alpha value is -3.76. The van der Waals surface area contributed by atoms with Crippen LogP contribution in [0.5, 0.6) is 0 Å². The summed E-state index contributed by atoms with van der Waals surface area (Å²) in [5.41, 5.74) is 1.42. The number of thiophene rings is 1. The fourth-order valence-corrected chi connectivity index (χ4v) is 6.79. The van der Waals surface area contributed by atoms with Crippen LogP contribution in [-0.4, -0.2) is 27.1 Å². The summed E-state index contributed by atoms with van der Waals surface area (Å²) in [4.78, 5) is 26.7. The van der Waals surface area contributed by atoms with E-state index in [0.29, 0.717) is 26.7 Å². The molecule has 10 heteroatoms. The van der Waals surface area contributed by atoms with Crippen molar-refractivity contribution in [3.05, 3.63) is 77.4 Å². The summed E-state index contributed by atoms with van der Waals surface area (Å²) in [6.45, 7) is 5.26. The molecule has 1 fully saturated rings. The van der Waals surface area contributed by atoms with Crippen LogP contribution >= 0.6 is 11.3 Å². The molecule has 1 atom stereocenters. The minimum atomic E-state index is -2.85. The van der Waals surface area contributed by atoms with Crippen molar-refractivity contribution in [2.75, 3.05) is 10.6 Å². The minimum Gasteiger partial charge on any atom is -0.444 e. The third-order valence-electron chi connectivity index (χ3n) is 6.14. The maximum atomic E-state index is 13.5. The first-order valence-electron chi connectivity index (χ1n) is 12.4. The molecular formula is C29H28FN3O4S2. The second kappa shape index (κ2) is 10.1. The second-order valence-corrected chi connectivity index (χ2v) is 13.9. The first-order valence-corrected chi connectivity index (χ1v) is 14.9. The van der Waals surface area contributed by atoms with Crippen LogP contribution in [-0.2, 0) is 14.5 Å². The highest BCUT2D eigenvalue weighted by atomic mass is 32.2. The Labute approximate surface area is 230 Å². The number of ether oxygens (including phenoxy) is 1. The number of fused-ring (bicyclic) bond motifs is 1. The molecule has 39 heavy (non-hydrogen) atoms. The zero-order valence-electron chi connectivity index (χ0n) is 21.7. The van der Waals surface area contributed by atoms with E-state index in [-0.39, 0.29) is 11.1 Å². The van der Waals surface area contributed by atoms with Crippen molar-refractivity contribution in [2.24, 2.45) is 0 Å². The number of rotatable bonds is 6. The first-order chi connectivity index (χ1) is 18.4. The molecule has 0 aliphatic heterocycles. The molecule has 4 aromatic rings. The van der Waals surface area contributed by atoms with Crippen molar-refractivity contribution in [1.29, 1.82) is 4.78 Å². The van der Waals surface area contributed by atoms with E-state index < -0.39 is 27.3 Å². The molecule has 2 amide bonds. The van der Waals surface area contributed by atoms with Crippen molar-refractivity contribution in [3.8, 4) is 11.1 Å². The predicted molar refractivity (Wildman–Crippen MR) is 154 cm³/mol. The fraction of sp³-hybridized carbons (Fsp3) is 0.241. The molecule has 1 aliphatic carbocycles. The van der Waals surface area contributed by atoms with Gasteiger partial charge in [0.15, 0.2) is 0 Å². The van der Waals surface area contributed by atoms with Crippen LogP contribution in [0.3, 0.4) is 0 Å². The van der Waals surface area contributed by atoms with Crippen LogP contribution in [0.4, 0.5) is 20.6 Å². The lowest BCUT2D eigenvalue weighted by Gasteiger charge is -2.21. The lowest BCUT2D eigenvalue weighted by atomic mass is 10.0. The van der Waals surface area contributed by atoms with E-state index in [1.54, 1.807) is 75.4 Å². The van der Waals surface area contributed by atoms with Gasteiger partial charge >= 0.3 is 6.09 Å². The molecular weight excluding hydrogens is 537 g/mol. The molecule has 0 spiro atoms. The highest BCUT2D eigenvalue weighted by molar-refractivity contribution is 7.93. The number of anilines is 2. The summed E-state index contributed by atoms with van der Waals surface area (Å²) in [6, 6.07) is 18.0. The van der Waals surface area contributed by atoms with E-state index in [9.17, 15) is 18.2 Å². The van der Waals surface area contributed by atoms with Gasteiger partial charge < -0.3 is 10.1 Å². The van der Waals surface area contributed by atoms with Gasteiger partial charge in [0.1, 0.15) is 11.4 Å². The predicted octanol–water partition coefficient (Wildman–Crippen LogP) is 7.87. The Morgan fingerprint density at radius 3 is 2.31 bits per heavy atom. The van der Waals surface area contributed by atoms with Crippen molar-refractivity contribution in [3.63, 3.8) is 0 Å².